The van der Waals surface area contributed by atoms with Crippen molar-refractivity contribution in [3.63, 3.8) is 0 Å². The second-order valence-electron chi connectivity index (χ2n) is 3.55. The summed E-state index contributed by atoms with van der Waals surface area (Å²) in [6.07, 6.45) is 1.41. The highest BCUT2D eigenvalue weighted by Gasteiger charge is 2.12. The van der Waals surface area contributed by atoms with Crippen molar-refractivity contribution >= 4 is 22.4 Å². The topological polar surface area (TPSA) is 85.6 Å². The van der Waals surface area contributed by atoms with Crippen LogP contribution in [0.25, 0.3) is 5.69 Å². The summed E-state index contributed by atoms with van der Waals surface area (Å²) >= 11 is 1.24. The maximum Gasteiger partial charge on any atom is 0.279 e. The van der Waals surface area contributed by atoms with Crippen LogP contribution in [0.5, 0.6) is 0 Å². The molecule has 3 aromatic rings. The van der Waals surface area contributed by atoms with Crippen LogP contribution in [-0.2, 0) is 0 Å². The summed E-state index contributed by atoms with van der Waals surface area (Å²) in [7, 11) is 0. The zero-order valence-electron chi connectivity index (χ0n) is 9.59. The number of aromatic nitrogens is 5. The minimum atomic E-state index is -0.362. The van der Waals surface area contributed by atoms with Gasteiger partial charge in [0.25, 0.3) is 5.91 Å². The second-order valence-corrected chi connectivity index (χ2v) is 4.39. The van der Waals surface area contributed by atoms with Crippen LogP contribution >= 0.6 is 11.3 Å². The fraction of sp³-hybridized carbons (Fsp3) is 0. The third kappa shape index (κ3) is 2.47. The number of nitrogens with zero attached hydrogens (tertiary/aromatic N) is 5. The van der Waals surface area contributed by atoms with Gasteiger partial charge in [-0.2, -0.15) is 9.90 Å². The number of hydrogen-bond donors (Lipinski definition) is 1. The van der Waals surface area contributed by atoms with E-state index in [2.05, 4.69) is 25.7 Å². The Labute approximate surface area is 111 Å². The number of para-hydroxylation sites is 1. The molecule has 0 unspecified atom stereocenters. The zero-order chi connectivity index (χ0) is 13.1. The molecule has 0 atom stereocenters. The van der Waals surface area contributed by atoms with Crippen LogP contribution in [0.4, 0.5) is 5.13 Å². The fourth-order valence-corrected chi connectivity index (χ4v) is 1.88. The maximum absolute atomic E-state index is 11.9. The summed E-state index contributed by atoms with van der Waals surface area (Å²) in [6.45, 7) is 0. The number of rotatable bonds is 3. The molecular formula is C11H8N6OS. The average molecular weight is 272 g/mol. The predicted octanol–water partition coefficient (Wildman–Crippen LogP) is 1.37. The molecule has 2 heterocycles. The summed E-state index contributed by atoms with van der Waals surface area (Å²) in [4.78, 5) is 13.3. The Balaban J connectivity index is 1.80. The number of carbonyl (C=O) groups excluding carboxylic acids is 1. The van der Waals surface area contributed by atoms with E-state index in [1.807, 2.05) is 30.3 Å². The average Bonchev–Trinajstić information content (AvgIpc) is 3.10. The molecule has 0 spiro atoms. The van der Waals surface area contributed by atoms with Crippen LogP contribution in [0.3, 0.4) is 0 Å². The highest BCUT2D eigenvalue weighted by atomic mass is 32.1. The van der Waals surface area contributed by atoms with E-state index in [4.69, 9.17) is 0 Å². The first-order chi connectivity index (χ1) is 9.33. The van der Waals surface area contributed by atoms with E-state index < -0.39 is 0 Å². The SMILES string of the molecule is O=C(Nc1nncs1)c1cnn(-c2ccccc2)n1. The Morgan fingerprint density at radius 3 is 2.84 bits per heavy atom. The Morgan fingerprint density at radius 2 is 2.11 bits per heavy atom. The molecule has 0 aliphatic heterocycles. The third-order valence-corrected chi connectivity index (χ3v) is 2.90. The molecule has 0 aliphatic rings. The number of anilines is 1. The molecule has 19 heavy (non-hydrogen) atoms. The predicted molar refractivity (Wildman–Crippen MR) is 69.2 cm³/mol. The zero-order valence-corrected chi connectivity index (χ0v) is 10.4. The van der Waals surface area contributed by atoms with Gasteiger partial charge in [-0.1, -0.05) is 29.5 Å². The minimum absolute atomic E-state index is 0.221. The van der Waals surface area contributed by atoms with Gasteiger partial charge in [0.2, 0.25) is 5.13 Å². The van der Waals surface area contributed by atoms with Crippen LogP contribution < -0.4 is 5.32 Å². The van der Waals surface area contributed by atoms with Crippen molar-refractivity contribution in [2.24, 2.45) is 0 Å². The van der Waals surface area contributed by atoms with E-state index in [0.29, 0.717) is 5.13 Å². The fourth-order valence-electron chi connectivity index (χ4n) is 1.44. The number of benzene rings is 1. The van der Waals surface area contributed by atoms with E-state index in [1.165, 1.54) is 27.8 Å². The molecule has 3 rings (SSSR count). The summed E-state index contributed by atoms with van der Waals surface area (Å²) < 4.78 is 0. The Hall–Kier alpha value is -2.61. The molecule has 0 saturated heterocycles. The van der Waals surface area contributed by atoms with Gasteiger partial charge in [0.05, 0.1) is 11.9 Å². The van der Waals surface area contributed by atoms with Crippen LogP contribution in [-0.4, -0.2) is 31.1 Å². The van der Waals surface area contributed by atoms with E-state index in [0.717, 1.165) is 5.69 Å². The number of carbonyl (C=O) groups is 1. The van der Waals surface area contributed by atoms with Crippen molar-refractivity contribution in [2.75, 3.05) is 5.32 Å². The lowest BCUT2D eigenvalue weighted by Crippen LogP contribution is -2.13. The molecule has 1 amide bonds. The number of nitrogens with one attached hydrogen (secondary N) is 1. The monoisotopic (exact) mass is 272 g/mol. The highest BCUT2D eigenvalue weighted by Crippen LogP contribution is 2.10. The molecule has 0 bridgehead atoms. The van der Waals surface area contributed by atoms with Gasteiger partial charge in [0.15, 0.2) is 5.69 Å². The lowest BCUT2D eigenvalue weighted by Gasteiger charge is -1.98. The quantitative estimate of drug-likeness (QED) is 0.778. The lowest BCUT2D eigenvalue weighted by molar-refractivity contribution is 0.102. The van der Waals surface area contributed by atoms with Gasteiger partial charge in [-0.3, -0.25) is 10.1 Å². The summed E-state index contributed by atoms with van der Waals surface area (Å²) in [5, 5.41) is 18.5. The molecule has 0 saturated carbocycles. The largest absolute Gasteiger partial charge is 0.295 e. The summed E-state index contributed by atoms with van der Waals surface area (Å²) in [6, 6.07) is 9.36. The molecule has 2 aromatic heterocycles. The Kier molecular flexibility index (Phi) is 2.99. The van der Waals surface area contributed by atoms with Gasteiger partial charge in [-0.05, 0) is 12.1 Å². The Morgan fingerprint density at radius 1 is 1.26 bits per heavy atom. The van der Waals surface area contributed by atoms with Gasteiger partial charge in [-0.25, -0.2) is 0 Å². The van der Waals surface area contributed by atoms with Gasteiger partial charge >= 0.3 is 0 Å². The van der Waals surface area contributed by atoms with Gasteiger partial charge in [-0.15, -0.1) is 15.3 Å². The molecule has 8 heteroatoms. The summed E-state index contributed by atoms with van der Waals surface area (Å²) in [5.74, 6) is -0.362. The smallest absolute Gasteiger partial charge is 0.279 e. The van der Waals surface area contributed by atoms with Crippen molar-refractivity contribution < 1.29 is 4.79 Å². The lowest BCUT2D eigenvalue weighted by atomic mass is 10.3. The molecule has 94 valence electrons. The molecule has 0 radical (unpaired) electrons. The maximum atomic E-state index is 11.9. The molecule has 1 N–H and O–H groups in total. The van der Waals surface area contributed by atoms with E-state index in [1.54, 1.807) is 0 Å². The normalized spacial score (nSPS) is 10.3. The van der Waals surface area contributed by atoms with Crippen LogP contribution in [0.15, 0.2) is 42.0 Å². The molecule has 1 aromatic carbocycles. The van der Waals surface area contributed by atoms with E-state index in [9.17, 15) is 4.79 Å². The van der Waals surface area contributed by atoms with E-state index in [-0.39, 0.29) is 11.6 Å². The van der Waals surface area contributed by atoms with Crippen LogP contribution in [0.1, 0.15) is 10.5 Å². The van der Waals surface area contributed by atoms with Crippen molar-refractivity contribution in [1.82, 2.24) is 25.2 Å². The van der Waals surface area contributed by atoms with E-state index >= 15 is 0 Å². The van der Waals surface area contributed by atoms with Gasteiger partial charge in [0.1, 0.15) is 5.51 Å². The molecular weight excluding hydrogens is 264 g/mol. The van der Waals surface area contributed by atoms with Crippen LogP contribution in [0, 0.1) is 0 Å². The second kappa shape index (κ2) is 4.94. The third-order valence-electron chi connectivity index (χ3n) is 2.29. The Bertz CT molecular complexity index is 678. The molecule has 0 aliphatic carbocycles. The van der Waals surface area contributed by atoms with Crippen LogP contribution in [0.2, 0.25) is 0 Å². The molecule has 0 fully saturated rings. The number of hydrogen-bond acceptors (Lipinski definition) is 6. The van der Waals surface area contributed by atoms with Crippen molar-refractivity contribution in [1.29, 1.82) is 0 Å². The first-order valence-corrected chi connectivity index (χ1v) is 6.26. The number of amides is 1. The van der Waals surface area contributed by atoms with Gasteiger partial charge in [0, 0.05) is 0 Å². The minimum Gasteiger partial charge on any atom is -0.295 e. The van der Waals surface area contributed by atoms with Crippen molar-refractivity contribution in [3.05, 3.63) is 47.7 Å². The summed E-state index contributed by atoms with van der Waals surface area (Å²) in [5.41, 5.74) is 2.55. The highest BCUT2D eigenvalue weighted by molar-refractivity contribution is 7.13. The molecule has 7 nitrogen and oxygen atoms in total. The standard InChI is InChI=1S/C11H8N6OS/c18-10(14-11-15-12-7-19-11)9-6-13-17(16-9)8-4-2-1-3-5-8/h1-7H,(H,14,15,18). The first kappa shape index (κ1) is 11.5. The van der Waals surface area contributed by atoms with Crippen molar-refractivity contribution in [2.45, 2.75) is 0 Å². The van der Waals surface area contributed by atoms with Gasteiger partial charge < -0.3 is 0 Å². The van der Waals surface area contributed by atoms with Crippen molar-refractivity contribution in [3.8, 4) is 5.69 Å². The first-order valence-electron chi connectivity index (χ1n) is 5.38.